The Morgan fingerprint density at radius 1 is 1.18 bits per heavy atom. The molecule has 28 heavy (non-hydrogen) atoms. The van der Waals surface area contributed by atoms with Crippen LogP contribution in [0, 0.1) is 25.2 Å². The van der Waals surface area contributed by atoms with E-state index in [1.807, 2.05) is 48.9 Å². The average molecular weight is 374 g/mol. The van der Waals surface area contributed by atoms with E-state index in [0.29, 0.717) is 17.9 Å². The number of carbonyl (C=O) groups excluding carboxylic acids is 1. The van der Waals surface area contributed by atoms with E-state index in [1.165, 1.54) is 0 Å². The molecule has 1 atom stereocenters. The molecule has 3 aromatic rings. The van der Waals surface area contributed by atoms with Crippen molar-refractivity contribution in [2.75, 3.05) is 0 Å². The van der Waals surface area contributed by atoms with Crippen molar-refractivity contribution in [2.45, 2.75) is 33.4 Å². The summed E-state index contributed by atoms with van der Waals surface area (Å²) in [7, 11) is 0. The second kappa shape index (κ2) is 8.40. The fourth-order valence-corrected chi connectivity index (χ4v) is 2.94. The summed E-state index contributed by atoms with van der Waals surface area (Å²) in [4.78, 5) is 12.4. The summed E-state index contributed by atoms with van der Waals surface area (Å²) in [6.45, 7) is 6.00. The number of amides is 1. The molecule has 0 bridgehead atoms. The molecule has 0 spiro atoms. The minimum Gasteiger partial charge on any atom is -0.481 e. The van der Waals surface area contributed by atoms with E-state index in [4.69, 9.17) is 10.00 Å². The Labute approximate surface area is 164 Å². The van der Waals surface area contributed by atoms with Gasteiger partial charge in [-0.15, -0.1) is 0 Å². The van der Waals surface area contributed by atoms with E-state index in [-0.39, 0.29) is 5.91 Å². The summed E-state index contributed by atoms with van der Waals surface area (Å²) < 4.78 is 7.54. The molecule has 1 N–H and O–H groups in total. The standard InChI is InChI=1S/C22H22N4O2/c1-15-21(16(2)26(25-15)19-7-5-4-6-8-19)14-24-22(27)17(3)28-20-11-9-18(13-23)10-12-20/h4-12,17H,14H2,1-3H3,(H,24,27). The molecule has 0 aliphatic heterocycles. The van der Waals surface area contributed by atoms with E-state index < -0.39 is 6.10 Å². The van der Waals surface area contributed by atoms with E-state index in [9.17, 15) is 4.79 Å². The SMILES string of the molecule is Cc1nn(-c2ccccc2)c(C)c1CNC(=O)C(C)Oc1ccc(C#N)cc1. The Balaban J connectivity index is 1.64. The predicted molar refractivity (Wildman–Crippen MR) is 106 cm³/mol. The van der Waals surface area contributed by atoms with E-state index in [2.05, 4.69) is 16.5 Å². The summed E-state index contributed by atoms with van der Waals surface area (Å²) in [5, 5.41) is 16.3. The summed E-state index contributed by atoms with van der Waals surface area (Å²) >= 11 is 0. The van der Waals surface area contributed by atoms with E-state index in [1.54, 1.807) is 31.2 Å². The molecule has 142 valence electrons. The van der Waals surface area contributed by atoms with Crippen LogP contribution in [-0.4, -0.2) is 21.8 Å². The van der Waals surface area contributed by atoms with Gasteiger partial charge in [0.25, 0.3) is 5.91 Å². The van der Waals surface area contributed by atoms with Crippen molar-refractivity contribution >= 4 is 5.91 Å². The van der Waals surface area contributed by atoms with Crippen molar-refractivity contribution < 1.29 is 9.53 Å². The molecule has 0 radical (unpaired) electrons. The van der Waals surface area contributed by atoms with Crippen molar-refractivity contribution in [3.63, 3.8) is 0 Å². The number of nitriles is 1. The molecule has 1 aromatic heterocycles. The molecule has 1 unspecified atom stereocenters. The maximum atomic E-state index is 12.4. The van der Waals surface area contributed by atoms with Crippen molar-refractivity contribution in [1.82, 2.24) is 15.1 Å². The zero-order chi connectivity index (χ0) is 20.1. The third-order valence-electron chi connectivity index (χ3n) is 4.55. The average Bonchev–Trinajstić information content (AvgIpc) is 3.01. The van der Waals surface area contributed by atoms with Gasteiger partial charge >= 0.3 is 0 Å². The van der Waals surface area contributed by atoms with E-state index >= 15 is 0 Å². The summed E-state index contributed by atoms with van der Waals surface area (Å²) in [6.07, 6.45) is -0.655. The normalized spacial score (nSPS) is 11.5. The molecule has 0 saturated carbocycles. The highest BCUT2D eigenvalue weighted by atomic mass is 16.5. The van der Waals surface area contributed by atoms with Crippen molar-refractivity contribution in [3.8, 4) is 17.5 Å². The lowest BCUT2D eigenvalue weighted by molar-refractivity contribution is -0.127. The van der Waals surface area contributed by atoms with E-state index in [0.717, 1.165) is 22.6 Å². The number of ether oxygens (including phenoxy) is 1. The number of rotatable bonds is 6. The molecule has 3 rings (SSSR count). The lowest BCUT2D eigenvalue weighted by atomic mass is 10.2. The van der Waals surface area contributed by atoms with Gasteiger partial charge in [0.2, 0.25) is 0 Å². The monoisotopic (exact) mass is 374 g/mol. The van der Waals surface area contributed by atoms with Crippen LogP contribution in [0.5, 0.6) is 5.75 Å². The van der Waals surface area contributed by atoms with Crippen LogP contribution >= 0.6 is 0 Å². The molecular weight excluding hydrogens is 352 g/mol. The highest BCUT2D eigenvalue weighted by Gasteiger charge is 2.17. The maximum absolute atomic E-state index is 12.4. The topological polar surface area (TPSA) is 79.9 Å². The van der Waals surface area contributed by atoms with Gasteiger partial charge in [-0.05, 0) is 57.2 Å². The minimum atomic E-state index is -0.655. The van der Waals surface area contributed by atoms with Crippen molar-refractivity contribution in [1.29, 1.82) is 5.26 Å². The number of nitrogens with one attached hydrogen (secondary N) is 1. The maximum Gasteiger partial charge on any atom is 0.261 e. The predicted octanol–water partition coefficient (Wildman–Crippen LogP) is 3.44. The van der Waals surface area contributed by atoms with Gasteiger partial charge in [0.1, 0.15) is 5.75 Å². The quantitative estimate of drug-likeness (QED) is 0.717. The van der Waals surface area contributed by atoms with Crippen LogP contribution < -0.4 is 10.1 Å². The molecule has 0 aliphatic rings. The van der Waals surface area contributed by atoms with Crippen LogP contribution in [0.3, 0.4) is 0 Å². The van der Waals surface area contributed by atoms with Crippen LogP contribution in [0.2, 0.25) is 0 Å². The molecular formula is C22H22N4O2. The van der Waals surface area contributed by atoms with Gasteiger partial charge < -0.3 is 10.1 Å². The van der Waals surface area contributed by atoms with Crippen LogP contribution in [0.15, 0.2) is 54.6 Å². The lowest BCUT2D eigenvalue weighted by Gasteiger charge is -2.15. The third-order valence-corrected chi connectivity index (χ3v) is 4.55. The van der Waals surface area contributed by atoms with Gasteiger partial charge in [-0.1, -0.05) is 18.2 Å². The van der Waals surface area contributed by atoms with Gasteiger partial charge in [0, 0.05) is 17.8 Å². The molecule has 6 nitrogen and oxygen atoms in total. The first-order valence-corrected chi connectivity index (χ1v) is 9.04. The van der Waals surface area contributed by atoms with Gasteiger partial charge in [0.05, 0.1) is 23.0 Å². The fraction of sp³-hybridized carbons (Fsp3) is 0.227. The number of aryl methyl sites for hydroxylation is 1. The molecule has 0 fully saturated rings. The number of hydrogen-bond donors (Lipinski definition) is 1. The molecule has 1 heterocycles. The lowest BCUT2D eigenvalue weighted by Crippen LogP contribution is -2.36. The van der Waals surface area contributed by atoms with Crippen molar-refractivity contribution in [3.05, 3.63) is 77.1 Å². The minimum absolute atomic E-state index is 0.212. The Kier molecular flexibility index (Phi) is 5.75. The summed E-state index contributed by atoms with van der Waals surface area (Å²) in [5.74, 6) is 0.335. The van der Waals surface area contributed by atoms with Crippen LogP contribution in [0.1, 0.15) is 29.4 Å². The van der Waals surface area contributed by atoms with Crippen molar-refractivity contribution in [2.24, 2.45) is 0 Å². The number of para-hydroxylation sites is 1. The van der Waals surface area contributed by atoms with Gasteiger partial charge in [0.15, 0.2) is 6.10 Å². The van der Waals surface area contributed by atoms with Crippen LogP contribution in [0.25, 0.3) is 5.69 Å². The second-order valence-electron chi connectivity index (χ2n) is 6.51. The Hall–Kier alpha value is -3.59. The molecule has 1 amide bonds. The summed E-state index contributed by atoms with van der Waals surface area (Å²) in [6, 6.07) is 18.6. The molecule has 6 heteroatoms. The zero-order valence-corrected chi connectivity index (χ0v) is 16.1. The van der Waals surface area contributed by atoms with Crippen LogP contribution in [-0.2, 0) is 11.3 Å². The highest BCUT2D eigenvalue weighted by molar-refractivity contribution is 5.80. The van der Waals surface area contributed by atoms with Gasteiger partial charge in [-0.25, -0.2) is 4.68 Å². The Bertz CT molecular complexity index is 1000. The largest absolute Gasteiger partial charge is 0.481 e. The molecule has 2 aromatic carbocycles. The summed E-state index contributed by atoms with van der Waals surface area (Å²) in [5.41, 5.74) is 4.39. The second-order valence-corrected chi connectivity index (χ2v) is 6.51. The number of hydrogen-bond acceptors (Lipinski definition) is 4. The fourth-order valence-electron chi connectivity index (χ4n) is 2.94. The first kappa shape index (κ1) is 19.2. The third kappa shape index (κ3) is 4.21. The Morgan fingerprint density at radius 2 is 1.86 bits per heavy atom. The number of nitrogens with zero attached hydrogens (tertiary/aromatic N) is 3. The molecule has 0 saturated heterocycles. The highest BCUT2D eigenvalue weighted by Crippen LogP contribution is 2.18. The number of carbonyl (C=O) groups is 1. The first-order chi connectivity index (χ1) is 13.5. The zero-order valence-electron chi connectivity index (χ0n) is 16.1. The van der Waals surface area contributed by atoms with Gasteiger partial charge in [-0.3, -0.25) is 4.79 Å². The number of aromatic nitrogens is 2. The number of benzene rings is 2. The Morgan fingerprint density at radius 3 is 2.50 bits per heavy atom. The first-order valence-electron chi connectivity index (χ1n) is 9.04. The van der Waals surface area contributed by atoms with Crippen LogP contribution in [0.4, 0.5) is 0 Å². The smallest absolute Gasteiger partial charge is 0.261 e. The van der Waals surface area contributed by atoms with Gasteiger partial charge in [-0.2, -0.15) is 10.4 Å². The molecule has 0 aliphatic carbocycles.